The molecule has 0 nitrogen and oxygen atoms in total. The zero-order valence-corrected chi connectivity index (χ0v) is 13.6. The molecule has 0 aromatic heterocycles. The van der Waals surface area contributed by atoms with E-state index < -0.39 is 0 Å². The zero-order valence-electron chi connectivity index (χ0n) is 10.5. The molecule has 1 unspecified atom stereocenters. The van der Waals surface area contributed by atoms with Gasteiger partial charge in [-0.05, 0) is 60.4 Å². The topological polar surface area (TPSA) is 0 Å². The van der Waals surface area contributed by atoms with E-state index in [1.165, 1.54) is 24.3 Å². The second kappa shape index (κ2) is 5.71. The molecule has 19 heavy (non-hydrogen) atoms. The van der Waals surface area contributed by atoms with Gasteiger partial charge in [-0.2, -0.15) is 0 Å². The Labute approximate surface area is 128 Å². The van der Waals surface area contributed by atoms with Crippen molar-refractivity contribution in [3.63, 3.8) is 0 Å². The number of hydrogen-bond donors (Lipinski definition) is 0. The van der Waals surface area contributed by atoms with Gasteiger partial charge in [-0.25, -0.2) is 8.78 Å². The van der Waals surface area contributed by atoms with Gasteiger partial charge in [-0.1, -0.05) is 37.9 Å². The minimum atomic E-state index is -0.289. The Hall–Kier alpha value is -0.740. The van der Waals surface area contributed by atoms with Crippen molar-refractivity contribution in [2.24, 2.45) is 0 Å². The summed E-state index contributed by atoms with van der Waals surface area (Å²) < 4.78 is 27.2. The molecule has 2 rings (SSSR count). The number of rotatable bonds is 2. The van der Waals surface area contributed by atoms with Crippen molar-refractivity contribution >= 4 is 31.9 Å². The predicted octanol–water partition coefficient (Wildman–Crippen LogP) is 5.83. The molecule has 0 heterocycles. The largest absolute Gasteiger partial charge is 0.207 e. The van der Waals surface area contributed by atoms with Crippen LogP contribution in [0.2, 0.25) is 0 Å². The Morgan fingerprint density at radius 1 is 0.947 bits per heavy atom. The van der Waals surface area contributed by atoms with Gasteiger partial charge in [0.15, 0.2) is 0 Å². The van der Waals surface area contributed by atoms with Crippen LogP contribution in [0.4, 0.5) is 8.78 Å². The number of halogens is 4. The lowest BCUT2D eigenvalue weighted by Crippen LogP contribution is -2.01. The predicted molar refractivity (Wildman–Crippen MR) is 80.7 cm³/mol. The lowest BCUT2D eigenvalue weighted by Gasteiger charge is -2.18. The molecule has 0 aliphatic carbocycles. The molecule has 0 saturated carbocycles. The van der Waals surface area contributed by atoms with Crippen LogP contribution < -0.4 is 0 Å². The first-order valence-corrected chi connectivity index (χ1v) is 7.46. The molecule has 0 spiro atoms. The summed E-state index contributed by atoms with van der Waals surface area (Å²) >= 11 is 6.99. The fourth-order valence-electron chi connectivity index (χ4n) is 2.18. The number of hydrogen-bond acceptors (Lipinski definition) is 0. The van der Waals surface area contributed by atoms with Gasteiger partial charge in [0, 0.05) is 4.47 Å². The number of benzene rings is 2. The quantitative estimate of drug-likeness (QED) is 0.567. The summed E-state index contributed by atoms with van der Waals surface area (Å²) in [6, 6.07) is 7.59. The van der Waals surface area contributed by atoms with Gasteiger partial charge in [0.25, 0.3) is 0 Å². The summed E-state index contributed by atoms with van der Waals surface area (Å²) in [6.07, 6.45) is 0. The fraction of sp³-hybridized carbons (Fsp3) is 0.200. The van der Waals surface area contributed by atoms with Crippen LogP contribution in [0.5, 0.6) is 0 Å². The molecule has 0 aliphatic heterocycles. The Morgan fingerprint density at radius 2 is 1.53 bits per heavy atom. The maximum absolute atomic E-state index is 13.3. The van der Waals surface area contributed by atoms with Crippen molar-refractivity contribution in [3.8, 4) is 0 Å². The van der Waals surface area contributed by atoms with Crippen LogP contribution in [0.3, 0.4) is 0 Å². The summed E-state index contributed by atoms with van der Waals surface area (Å²) in [4.78, 5) is -0.108. The highest BCUT2D eigenvalue weighted by Gasteiger charge is 2.18. The zero-order chi connectivity index (χ0) is 14.2. The monoisotopic (exact) mass is 388 g/mol. The Kier molecular flexibility index (Phi) is 4.41. The fourth-order valence-corrected chi connectivity index (χ4v) is 4.19. The van der Waals surface area contributed by atoms with E-state index in [4.69, 9.17) is 0 Å². The van der Waals surface area contributed by atoms with E-state index in [0.29, 0.717) is 4.47 Å². The third-order valence-corrected chi connectivity index (χ3v) is 4.69. The van der Waals surface area contributed by atoms with Crippen LogP contribution in [0.1, 0.15) is 27.1 Å². The van der Waals surface area contributed by atoms with E-state index in [1.807, 2.05) is 13.8 Å². The highest BCUT2D eigenvalue weighted by atomic mass is 79.9. The molecule has 0 aliphatic rings. The standard InChI is InChI=1S/C15H12Br2F2/c1-8-5-11(19)6-9(2)14(8)15(17)12-4-3-10(18)7-13(12)16/h3-7,15H,1-2H3. The highest BCUT2D eigenvalue weighted by Crippen LogP contribution is 2.38. The molecule has 0 amide bonds. The minimum absolute atomic E-state index is 0.108. The summed E-state index contributed by atoms with van der Waals surface area (Å²) in [5.74, 6) is -0.528. The highest BCUT2D eigenvalue weighted by molar-refractivity contribution is 9.11. The van der Waals surface area contributed by atoms with Gasteiger partial charge in [0.1, 0.15) is 11.6 Å². The molecule has 100 valence electrons. The van der Waals surface area contributed by atoms with Gasteiger partial charge in [-0.3, -0.25) is 0 Å². The molecule has 0 bridgehead atoms. The molecule has 0 radical (unpaired) electrons. The van der Waals surface area contributed by atoms with Gasteiger partial charge in [0.05, 0.1) is 4.83 Å². The van der Waals surface area contributed by atoms with Crippen LogP contribution in [0.15, 0.2) is 34.8 Å². The van der Waals surface area contributed by atoms with E-state index in [-0.39, 0.29) is 16.5 Å². The first-order chi connectivity index (χ1) is 8.90. The molecule has 0 N–H and O–H groups in total. The van der Waals surface area contributed by atoms with Crippen LogP contribution in [-0.4, -0.2) is 0 Å². The van der Waals surface area contributed by atoms with Crippen LogP contribution in [0.25, 0.3) is 0 Å². The van der Waals surface area contributed by atoms with Gasteiger partial charge < -0.3 is 0 Å². The molecule has 4 heteroatoms. The van der Waals surface area contributed by atoms with Crippen molar-refractivity contribution in [2.75, 3.05) is 0 Å². The van der Waals surface area contributed by atoms with Crippen molar-refractivity contribution in [3.05, 3.63) is 68.7 Å². The molecular formula is C15H12Br2F2. The molecule has 0 saturated heterocycles. The van der Waals surface area contributed by atoms with Crippen molar-refractivity contribution < 1.29 is 8.78 Å². The van der Waals surface area contributed by atoms with Gasteiger partial charge in [-0.15, -0.1) is 0 Å². The molecule has 0 fully saturated rings. The minimum Gasteiger partial charge on any atom is -0.207 e. The maximum Gasteiger partial charge on any atom is 0.124 e. The summed E-state index contributed by atoms with van der Waals surface area (Å²) in [5.41, 5.74) is 3.67. The molecule has 2 aromatic carbocycles. The van der Waals surface area contributed by atoms with Crippen molar-refractivity contribution in [1.82, 2.24) is 0 Å². The molecular weight excluding hydrogens is 378 g/mol. The summed E-state index contributed by atoms with van der Waals surface area (Å²) in [5, 5.41) is 0. The van der Waals surface area contributed by atoms with Gasteiger partial charge >= 0.3 is 0 Å². The third kappa shape index (κ3) is 3.06. The Balaban J connectivity index is 2.53. The van der Waals surface area contributed by atoms with E-state index in [2.05, 4.69) is 31.9 Å². The lowest BCUT2D eigenvalue weighted by molar-refractivity contribution is 0.624. The third-order valence-electron chi connectivity index (χ3n) is 3.05. The van der Waals surface area contributed by atoms with Gasteiger partial charge in [0.2, 0.25) is 0 Å². The average Bonchev–Trinajstić information content (AvgIpc) is 2.26. The van der Waals surface area contributed by atoms with E-state index >= 15 is 0 Å². The SMILES string of the molecule is Cc1cc(F)cc(C)c1C(Br)c1ccc(F)cc1Br. The first kappa shape index (κ1) is 14.7. The smallest absolute Gasteiger partial charge is 0.124 e. The number of alkyl halides is 1. The van der Waals surface area contributed by atoms with Crippen molar-refractivity contribution in [2.45, 2.75) is 18.7 Å². The van der Waals surface area contributed by atoms with E-state index in [1.54, 1.807) is 6.07 Å². The maximum atomic E-state index is 13.3. The molecule has 2 aromatic rings. The summed E-state index contributed by atoms with van der Waals surface area (Å²) in [7, 11) is 0. The van der Waals surface area contributed by atoms with Crippen LogP contribution >= 0.6 is 31.9 Å². The van der Waals surface area contributed by atoms with Crippen molar-refractivity contribution in [1.29, 1.82) is 0 Å². The Morgan fingerprint density at radius 3 is 2.05 bits per heavy atom. The second-order valence-corrected chi connectivity index (χ2v) is 6.25. The molecule has 1 atom stereocenters. The van der Waals surface area contributed by atoms with Crippen LogP contribution in [-0.2, 0) is 0 Å². The normalized spacial score (nSPS) is 12.5. The van der Waals surface area contributed by atoms with E-state index in [9.17, 15) is 8.78 Å². The van der Waals surface area contributed by atoms with E-state index in [0.717, 1.165) is 22.3 Å². The average molecular weight is 390 g/mol. The second-order valence-electron chi connectivity index (χ2n) is 4.48. The lowest BCUT2D eigenvalue weighted by atomic mass is 9.96. The van der Waals surface area contributed by atoms with Crippen LogP contribution in [0, 0.1) is 25.5 Å². The first-order valence-electron chi connectivity index (χ1n) is 5.76. The summed E-state index contributed by atoms with van der Waals surface area (Å²) in [6.45, 7) is 3.74. The Bertz CT molecular complexity index is 601. The number of aryl methyl sites for hydroxylation is 2.